The Labute approximate surface area is 173 Å². The fourth-order valence-corrected chi connectivity index (χ4v) is 3.76. The molecule has 162 valence electrons. The summed E-state index contributed by atoms with van der Waals surface area (Å²) < 4.78 is 42.7. The van der Waals surface area contributed by atoms with E-state index < -0.39 is 38.8 Å². The van der Waals surface area contributed by atoms with E-state index in [1.165, 1.54) is 28.8 Å². The molecule has 0 fully saturated rings. The van der Waals surface area contributed by atoms with Gasteiger partial charge < -0.3 is 14.8 Å². The predicted octanol–water partition coefficient (Wildman–Crippen LogP) is 1.10. The Balaban J connectivity index is 2.02. The largest absolute Gasteiger partial charge is 0.374 e. The highest BCUT2D eigenvalue weighted by Gasteiger charge is 2.29. The van der Waals surface area contributed by atoms with Crippen LogP contribution < -0.4 is 20.4 Å². The van der Waals surface area contributed by atoms with Crippen LogP contribution in [0.3, 0.4) is 0 Å². The number of hydrogen-bond donors (Lipinski definition) is 2. The van der Waals surface area contributed by atoms with E-state index in [0.717, 1.165) is 12.7 Å². The minimum absolute atomic E-state index is 0.0347. The maximum absolute atomic E-state index is 13.1. The zero-order valence-corrected chi connectivity index (χ0v) is 17.5. The smallest absolute Gasteiger partial charge is 0.306 e. The lowest BCUT2D eigenvalue weighted by Crippen LogP contribution is -2.35. The number of hydrogen-bond acceptors (Lipinski definition) is 7. The zero-order valence-electron chi connectivity index (χ0n) is 16.6. The van der Waals surface area contributed by atoms with E-state index in [0.29, 0.717) is 30.8 Å². The van der Waals surface area contributed by atoms with Gasteiger partial charge in [-0.25, -0.2) is 9.37 Å². The van der Waals surface area contributed by atoms with Crippen molar-refractivity contribution in [2.24, 2.45) is 0 Å². The number of aromatic nitrogens is 2. The van der Waals surface area contributed by atoms with Crippen LogP contribution in [0.5, 0.6) is 5.75 Å². The van der Waals surface area contributed by atoms with E-state index in [4.69, 9.17) is 4.18 Å². The molecule has 1 atom stereocenters. The second-order valence-corrected chi connectivity index (χ2v) is 8.61. The molecule has 1 aliphatic heterocycles. The van der Waals surface area contributed by atoms with Gasteiger partial charge in [0, 0.05) is 13.1 Å². The molecule has 1 aliphatic rings. The fourth-order valence-electron chi connectivity index (χ4n) is 3.31. The van der Waals surface area contributed by atoms with Gasteiger partial charge in [-0.2, -0.15) is 8.42 Å². The number of nitrogens with zero attached hydrogens (tertiary/aromatic N) is 2. The SMILES string of the molecule is CN[C@@H]1CCCCn2c1nc(C(=O)NCc1ccc(F)cc1)c(OS(C)(=O)=O)c2=O. The molecular weight excluding hydrogens is 415 g/mol. The van der Waals surface area contributed by atoms with Crippen LogP contribution in [0.2, 0.25) is 0 Å². The summed E-state index contributed by atoms with van der Waals surface area (Å²) in [4.78, 5) is 30.2. The molecule has 30 heavy (non-hydrogen) atoms. The Hall–Kier alpha value is -2.79. The lowest BCUT2D eigenvalue weighted by Gasteiger charge is -2.19. The van der Waals surface area contributed by atoms with Gasteiger partial charge in [-0.1, -0.05) is 12.1 Å². The minimum atomic E-state index is -4.07. The monoisotopic (exact) mass is 438 g/mol. The lowest BCUT2D eigenvalue weighted by molar-refractivity contribution is 0.0943. The van der Waals surface area contributed by atoms with Crippen molar-refractivity contribution in [3.05, 3.63) is 57.5 Å². The van der Waals surface area contributed by atoms with Crippen molar-refractivity contribution < 1.29 is 21.8 Å². The Morgan fingerprint density at radius 2 is 2.00 bits per heavy atom. The lowest BCUT2D eigenvalue weighted by atomic mass is 10.1. The van der Waals surface area contributed by atoms with Crippen molar-refractivity contribution in [1.82, 2.24) is 20.2 Å². The molecule has 1 aromatic carbocycles. The molecule has 2 N–H and O–H groups in total. The quantitative estimate of drug-likeness (QED) is 0.648. The molecule has 11 heteroatoms. The number of halogens is 1. The Morgan fingerprint density at radius 1 is 1.30 bits per heavy atom. The zero-order chi connectivity index (χ0) is 21.9. The predicted molar refractivity (Wildman–Crippen MR) is 107 cm³/mol. The number of carbonyl (C=O) groups excluding carboxylic acids is 1. The van der Waals surface area contributed by atoms with Gasteiger partial charge in [-0.05, 0) is 44.0 Å². The van der Waals surface area contributed by atoms with Crippen LogP contribution in [0.4, 0.5) is 4.39 Å². The van der Waals surface area contributed by atoms with Crippen LogP contribution in [0.1, 0.15) is 47.2 Å². The summed E-state index contributed by atoms with van der Waals surface area (Å²) in [6, 6.07) is 5.24. The van der Waals surface area contributed by atoms with Gasteiger partial charge in [0.2, 0.25) is 5.75 Å². The van der Waals surface area contributed by atoms with Crippen LogP contribution >= 0.6 is 0 Å². The first-order valence-corrected chi connectivity index (χ1v) is 11.3. The molecule has 1 amide bonds. The highest BCUT2D eigenvalue weighted by molar-refractivity contribution is 7.86. The number of benzene rings is 1. The number of rotatable bonds is 6. The van der Waals surface area contributed by atoms with Gasteiger partial charge in [0.1, 0.15) is 11.6 Å². The number of fused-ring (bicyclic) bond motifs is 1. The summed E-state index contributed by atoms with van der Waals surface area (Å²) in [6.07, 6.45) is 3.05. The molecule has 0 saturated heterocycles. The summed E-state index contributed by atoms with van der Waals surface area (Å²) in [5.41, 5.74) is -0.504. The maximum atomic E-state index is 13.1. The molecule has 0 bridgehead atoms. The van der Waals surface area contributed by atoms with Gasteiger partial charge in [0.15, 0.2) is 5.69 Å². The molecule has 0 radical (unpaired) electrons. The van der Waals surface area contributed by atoms with Gasteiger partial charge >= 0.3 is 10.1 Å². The molecule has 0 aliphatic carbocycles. The standard InChI is InChI=1S/C19H23FN4O5S/c1-21-14-5-3-4-10-24-17(14)23-15(16(19(24)26)29-30(2,27)28)18(25)22-11-12-6-8-13(20)9-7-12/h6-9,14,21H,3-5,10-11H2,1-2H3,(H,22,25)/t14-/m1/s1. The Morgan fingerprint density at radius 3 is 2.63 bits per heavy atom. The third-order valence-electron chi connectivity index (χ3n) is 4.76. The summed E-state index contributed by atoms with van der Waals surface area (Å²) >= 11 is 0. The van der Waals surface area contributed by atoms with Crippen LogP contribution in [-0.4, -0.2) is 37.2 Å². The van der Waals surface area contributed by atoms with Crippen LogP contribution in [0, 0.1) is 5.82 Å². The molecule has 1 aromatic heterocycles. The van der Waals surface area contributed by atoms with Crippen molar-refractivity contribution >= 4 is 16.0 Å². The molecule has 0 unspecified atom stereocenters. The molecule has 0 spiro atoms. The topological polar surface area (TPSA) is 119 Å². The minimum Gasteiger partial charge on any atom is -0.374 e. The molecule has 2 heterocycles. The van der Waals surface area contributed by atoms with Crippen LogP contribution in [-0.2, 0) is 23.2 Å². The summed E-state index contributed by atoms with van der Waals surface area (Å²) in [5.74, 6) is -1.45. The Bertz CT molecular complexity index is 1100. The van der Waals surface area contributed by atoms with Crippen molar-refractivity contribution in [2.75, 3.05) is 13.3 Å². The molecule has 0 saturated carbocycles. The first kappa shape index (κ1) is 21.9. The average Bonchev–Trinajstić information content (AvgIpc) is 2.90. The van der Waals surface area contributed by atoms with Crippen molar-refractivity contribution in [3.63, 3.8) is 0 Å². The van der Waals surface area contributed by atoms with Gasteiger partial charge in [0.05, 0.1) is 12.3 Å². The molecule has 2 aromatic rings. The maximum Gasteiger partial charge on any atom is 0.306 e. The first-order chi connectivity index (χ1) is 14.2. The van der Waals surface area contributed by atoms with Gasteiger partial charge in [-0.3, -0.25) is 14.2 Å². The van der Waals surface area contributed by atoms with E-state index in [1.54, 1.807) is 7.05 Å². The summed E-state index contributed by atoms with van der Waals surface area (Å²) in [6.45, 7) is 0.379. The van der Waals surface area contributed by atoms with E-state index in [1.807, 2.05) is 0 Å². The number of nitrogens with one attached hydrogen (secondary N) is 2. The Kier molecular flexibility index (Phi) is 6.52. The van der Waals surface area contributed by atoms with Crippen LogP contribution in [0.25, 0.3) is 0 Å². The van der Waals surface area contributed by atoms with E-state index in [9.17, 15) is 22.4 Å². The van der Waals surface area contributed by atoms with E-state index in [2.05, 4.69) is 15.6 Å². The second kappa shape index (κ2) is 8.92. The third-order valence-corrected chi connectivity index (χ3v) is 5.23. The molecule has 9 nitrogen and oxygen atoms in total. The molecule has 3 rings (SSSR count). The van der Waals surface area contributed by atoms with Gasteiger partial charge in [-0.15, -0.1) is 0 Å². The molecular formula is C19H23FN4O5S. The van der Waals surface area contributed by atoms with Crippen molar-refractivity contribution in [2.45, 2.75) is 38.4 Å². The fraction of sp³-hybridized carbons (Fsp3) is 0.421. The highest BCUT2D eigenvalue weighted by Crippen LogP contribution is 2.24. The van der Waals surface area contributed by atoms with Crippen molar-refractivity contribution in [3.8, 4) is 5.75 Å². The van der Waals surface area contributed by atoms with Crippen LogP contribution in [0.15, 0.2) is 29.1 Å². The summed E-state index contributed by atoms with van der Waals surface area (Å²) in [5, 5.41) is 5.65. The summed E-state index contributed by atoms with van der Waals surface area (Å²) in [7, 11) is -2.35. The van der Waals surface area contributed by atoms with Gasteiger partial charge in [0.25, 0.3) is 11.5 Å². The third kappa shape index (κ3) is 5.03. The second-order valence-electron chi connectivity index (χ2n) is 7.04. The van der Waals surface area contributed by atoms with E-state index >= 15 is 0 Å². The average molecular weight is 438 g/mol. The van der Waals surface area contributed by atoms with E-state index in [-0.39, 0.29) is 12.6 Å². The highest BCUT2D eigenvalue weighted by atomic mass is 32.2. The number of carbonyl (C=O) groups is 1. The number of amides is 1. The van der Waals surface area contributed by atoms with Crippen molar-refractivity contribution in [1.29, 1.82) is 0 Å². The normalized spacial score (nSPS) is 16.4. The first-order valence-electron chi connectivity index (χ1n) is 9.43.